The lowest BCUT2D eigenvalue weighted by atomic mass is 10.3. The van der Waals surface area contributed by atoms with E-state index in [0.717, 1.165) is 6.07 Å². The third-order valence-electron chi connectivity index (χ3n) is 2.29. The molecule has 0 atom stereocenters. The normalized spacial score (nSPS) is 10.8. The molecule has 1 aromatic heterocycles. The second-order valence-corrected chi connectivity index (χ2v) is 5.68. The van der Waals surface area contributed by atoms with E-state index >= 15 is 0 Å². The van der Waals surface area contributed by atoms with Crippen LogP contribution in [0.4, 0.5) is 5.82 Å². The topological polar surface area (TPSA) is 123 Å². The molecule has 2 N–H and O–H groups in total. The maximum absolute atomic E-state index is 11.7. The molecular formula is C11H14N2O6S. The number of esters is 1. The van der Waals surface area contributed by atoms with Gasteiger partial charge in [-0.25, -0.2) is 18.2 Å². The Morgan fingerprint density at radius 2 is 2.15 bits per heavy atom. The molecule has 0 radical (unpaired) electrons. The molecule has 0 aliphatic carbocycles. The fourth-order valence-corrected chi connectivity index (χ4v) is 2.40. The first-order chi connectivity index (χ1) is 9.34. The molecule has 1 aromatic rings. The van der Waals surface area contributed by atoms with Crippen LogP contribution in [0.2, 0.25) is 0 Å². The van der Waals surface area contributed by atoms with Gasteiger partial charge in [-0.1, -0.05) is 0 Å². The van der Waals surface area contributed by atoms with Crippen LogP contribution in [0.5, 0.6) is 0 Å². The first kappa shape index (κ1) is 15.9. The van der Waals surface area contributed by atoms with E-state index in [9.17, 15) is 18.0 Å². The predicted octanol–water partition coefficient (Wildman–Crippen LogP) is 0.475. The summed E-state index contributed by atoms with van der Waals surface area (Å²) in [5, 5.41) is 8.78. The molecule has 0 spiro atoms. The van der Waals surface area contributed by atoms with Gasteiger partial charge in [0.05, 0.1) is 18.4 Å². The predicted molar refractivity (Wildman–Crippen MR) is 69.9 cm³/mol. The lowest BCUT2D eigenvalue weighted by Crippen LogP contribution is -2.18. The van der Waals surface area contributed by atoms with Gasteiger partial charge in [-0.15, -0.1) is 0 Å². The van der Waals surface area contributed by atoms with E-state index in [2.05, 4.69) is 14.4 Å². The number of hydrogen-bond donors (Lipinski definition) is 2. The van der Waals surface area contributed by atoms with Gasteiger partial charge in [0.25, 0.3) is 0 Å². The smallest absolute Gasteiger partial charge is 0.335 e. The van der Waals surface area contributed by atoms with Gasteiger partial charge in [0.1, 0.15) is 5.82 Å². The van der Waals surface area contributed by atoms with Crippen molar-refractivity contribution in [3.05, 3.63) is 23.9 Å². The van der Waals surface area contributed by atoms with Gasteiger partial charge in [-0.2, -0.15) is 0 Å². The van der Waals surface area contributed by atoms with Crippen molar-refractivity contribution in [1.82, 2.24) is 4.98 Å². The van der Waals surface area contributed by atoms with Crippen molar-refractivity contribution in [1.29, 1.82) is 0 Å². The Labute approximate surface area is 115 Å². The first-order valence-corrected chi connectivity index (χ1v) is 7.26. The minimum Gasteiger partial charge on any atom is -0.478 e. The summed E-state index contributed by atoms with van der Waals surface area (Å²) >= 11 is 0. The summed E-state index contributed by atoms with van der Waals surface area (Å²) in [6, 6.07) is 2.36. The number of anilines is 1. The van der Waals surface area contributed by atoms with Crippen LogP contribution in [-0.4, -0.2) is 43.3 Å². The lowest BCUT2D eigenvalue weighted by molar-refractivity contribution is -0.140. The van der Waals surface area contributed by atoms with Crippen molar-refractivity contribution >= 4 is 27.8 Å². The highest BCUT2D eigenvalue weighted by atomic mass is 32.2. The highest BCUT2D eigenvalue weighted by Gasteiger charge is 2.13. The molecule has 0 aliphatic rings. The maximum atomic E-state index is 11.7. The largest absolute Gasteiger partial charge is 0.478 e. The molecule has 0 saturated heterocycles. The minimum absolute atomic E-state index is 0.0139. The molecular weight excluding hydrogens is 288 g/mol. The Kier molecular flexibility index (Phi) is 5.44. The van der Waals surface area contributed by atoms with Crippen molar-refractivity contribution in [2.24, 2.45) is 0 Å². The van der Waals surface area contributed by atoms with Crippen LogP contribution in [0.3, 0.4) is 0 Å². The molecule has 0 amide bonds. The van der Waals surface area contributed by atoms with E-state index in [-0.39, 0.29) is 30.0 Å². The Balaban J connectivity index is 2.64. The van der Waals surface area contributed by atoms with Crippen molar-refractivity contribution in [3.8, 4) is 0 Å². The summed E-state index contributed by atoms with van der Waals surface area (Å²) in [5.41, 5.74) is -0.0766. The third-order valence-corrected chi connectivity index (χ3v) is 3.63. The van der Waals surface area contributed by atoms with Crippen molar-refractivity contribution in [2.45, 2.75) is 12.8 Å². The van der Waals surface area contributed by atoms with Gasteiger partial charge in [0, 0.05) is 12.6 Å². The lowest BCUT2D eigenvalue weighted by Gasteiger charge is -2.07. The number of pyridine rings is 1. The molecule has 0 bridgehead atoms. The standard InChI is InChI=1S/C11H14N2O6S/c1-19-10(14)3-2-6-20(17,18)13-9-7-8(11(15)16)4-5-12-9/h4-5,7H,2-3,6H2,1H3,(H,12,13)(H,15,16). The van der Waals surface area contributed by atoms with Crippen LogP contribution < -0.4 is 4.72 Å². The molecule has 20 heavy (non-hydrogen) atoms. The number of methoxy groups -OCH3 is 1. The van der Waals surface area contributed by atoms with E-state index in [1.165, 1.54) is 19.4 Å². The second kappa shape index (κ2) is 6.85. The number of nitrogens with one attached hydrogen (secondary N) is 1. The average molecular weight is 302 g/mol. The Hall–Kier alpha value is -2.16. The number of carbonyl (C=O) groups is 2. The zero-order valence-electron chi connectivity index (χ0n) is 10.7. The number of carbonyl (C=O) groups excluding carboxylic acids is 1. The molecule has 0 fully saturated rings. The zero-order valence-corrected chi connectivity index (χ0v) is 11.5. The number of carboxylic acids is 1. The average Bonchev–Trinajstić information content (AvgIpc) is 2.37. The Morgan fingerprint density at radius 3 is 2.75 bits per heavy atom. The summed E-state index contributed by atoms with van der Waals surface area (Å²) in [4.78, 5) is 25.3. The van der Waals surface area contributed by atoms with Crippen molar-refractivity contribution in [3.63, 3.8) is 0 Å². The third kappa shape index (κ3) is 5.22. The van der Waals surface area contributed by atoms with E-state index in [1.807, 2.05) is 0 Å². The Bertz CT molecular complexity index is 599. The Morgan fingerprint density at radius 1 is 1.45 bits per heavy atom. The van der Waals surface area contributed by atoms with Crippen LogP contribution in [0, 0.1) is 0 Å². The van der Waals surface area contributed by atoms with Gasteiger partial charge >= 0.3 is 11.9 Å². The fourth-order valence-electron chi connectivity index (χ4n) is 1.34. The quantitative estimate of drug-likeness (QED) is 0.702. The molecule has 0 aromatic carbocycles. The monoisotopic (exact) mass is 302 g/mol. The number of aromatic nitrogens is 1. The van der Waals surface area contributed by atoms with Crippen LogP contribution in [0.15, 0.2) is 18.3 Å². The fraction of sp³-hybridized carbons (Fsp3) is 0.364. The summed E-state index contributed by atoms with van der Waals surface area (Å²) in [7, 11) is -2.48. The van der Waals surface area contributed by atoms with Crippen LogP contribution in [-0.2, 0) is 19.6 Å². The molecule has 0 saturated carbocycles. The van der Waals surface area contributed by atoms with E-state index in [1.54, 1.807) is 0 Å². The van der Waals surface area contributed by atoms with Crippen LogP contribution in [0.25, 0.3) is 0 Å². The number of aromatic carboxylic acids is 1. The number of nitrogens with zero attached hydrogens (tertiary/aromatic N) is 1. The van der Waals surface area contributed by atoms with Crippen molar-refractivity contribution < 1.29 is 27.9 Å². The first-order valence-electron chi connectivity index (χ1n) is 5.61. The number of hydrogen-bond acceptors (Lipinski definition) is 6. The van der Waals surface area contributed by atoms with Crippen LogP contribution >= 0.6 is 0 Å². The number of rotatable bonds is 7. The highest BCUT2D eigenvalue weighted by Crippen LogP contribution is 2.10. The molecule has 1 rings (SSSR count). The zero-order chi connectivity index (χ0) is 15.2. The van der Waals surface area contributed by atoms with Crippen LogP contribution in [0.1, 0.15) is 23.2 Å². The van der Waals surface area contributed by atoms with E-state index in [4.69, 9.17) is 5.11 Å². The van der Waals surface area contributed by atoms with E-state index in [0.29, 0.717) is 0 Å². The summed E-state index contributed by atoms with van der Waals surface area (Å²) < 4.78 is 29.9. The van der Waals surface area contributed by atoms with Gasteiger partial charge in [0.2, 0.25) is 10.0 Å². The molecule has 1 heterocycles. The highest BCUT2D eigenvalue weighted by molar-refractivity contribution is 7.92. The molecule has 110 valence electrons. The van der Waals surface area contributed by atoms with Crippen molar-refractivity contribution in [2.75, 3.05) is 17.6 Å². The number of carboxylic acid groups (broad SMARTS) is 1. The van der Waals surface area contributed by atoms with Gasteiger partial charge < -0.3 is 9.84 Å². The summed E-state index contributed by atoms with van der Waals surface area (Å²) in [6.45, 7) is 0. The van der Waals surface area contributed by atoms with Gasteiger partial charge in [0.15, 0.2) is 0 Å². The number of ether oxygens (including phenoxy) is 1. The van der Waals surface area contributed by atoms with Gasteiger partial charge in [-0.3, -0.25) is 9.52 Å². The molecule has 9 heteroatoms. The molecule has 0 aliphatic heterocycles. The second-order valence-electron chi connectivity index (χ2n) is 3.84. The minimum atomic E-state index is -3.69. The number of sulfonamides is 1. The summed E-state index contributed by atoms with van der Waals surface area (Å²) in [5.74, 6) is -2.05. The SMILES string of the molecule is COC(=O)CCCS(=O)(=O)Nc1cc(C(=O)O)ccn1. The van der Waals surface area contributed by atoms with E-state index < -0.39 is 22.0 Å². The van der Waals surface area contributed by atoms with Gasteiger partial charge in [-0.05, 0) is 18.6 Å². The molecule has 0 unspecified atom stereocenters. The maximum Gasteiger partial charge on any atom is 0.335 e. The molecule has 8 nitrogen and oxygen atoms in total. The summed E-state index contributed by atoms with van der Waals surface area (Å²) in [6.07, 6.45) is 1.27.